The van der Waals surface area contributed by atoms with E-state index in [1.807, 2.05) is 53.5 Å². The summed E-state index contributed by atoms with van der Waals surface area (Å²) < 4.78 is 7.55. The van der Waals surface area contributed by atoms with Gasteiger partial charge in [-0.1, -0.05) is 30.2 Å². The Labute approximate surface area is 194 Å². The Morgan fingerprint density at radius 3 is 2.34 bits per heavy atom. The van der Waals surface area contributed by atoms with Gasteiger partial charge in [0.25, 0.3) is 5.91 Å². The molecule has 0 bridgehead atoms. The van der Waals surface area contributed by atoms with E-state index in [1.54, 1.807) is 7.11 Å². The summed E-state index contributed by atoms with van der Waals surface area (Å²) in [7, 11) is 1.67. The number of amides is 1. The van der Waals surface area contributed by atoms with Crippen LogP contribution in [0.15, 0.2) is 48.5 Å². The number of aromatic nitrogens is 1. The number of rotatable bonds is 4. The number of halogens is 1. The number of nitrogens with zero attached hydrogens (tertiary/aromatic N) is 3. The summed E-state index contributed by atoms with van der Waals surface area (Å²) in [6.07, 6.45) is 4.33. The molecular weight excluding hydrogens is 422 g/mol. The van der Waals surface area contributed by atoms with Crippen molar-refractivity contribution in [2.45, 2.75) is 32.6 Å². The van der Waals surface area contributed by atoms with Gasteiger partial charge in [-0.25, -0.2) is 5.01 Å². The Balaban J connectivity index is 1.68. The molecule has 5 rings (SSSR count). The van der Waals surface area contributed by atoms with E-state index in [0.717, 1.165) is 71.9 Å². The highest BCUT2D eigenvalue weighted by Crippen LogP contribution is 2.39. The lowest BCUT2D eigenvalue weighted by molar-refractivity contribution is -0.0237. The lowest BCUT2D eigenvalue weighted by Gasteiger charge is -2.39. The topological polar surface area (TPSA) is 37.7 Å². The van der Waals surface area contributed by atoms with Crippen molar-refractivity contribution < 1.29 is 9.53 Å². The Morgan fingerprint density at radius 1 is 0.938 bits per heavy atom. The van der Waals surface area contributed by atoms with Crippen LogP contribution in [0.3, 0.4) is 0 Å². The van der Waals surface area contributed by atoms with Gasteiger partial charge in [-0.15, -0.1) is 0 Å². The van der Waals surface area contributed by atoms with Crippen LogP contribution >= 0.6 is 11.6 Å². The van der Waals surface area contributed by atoms with E-state index in [9.17, 15) is 4.79 Å². The first-order valence-electron chi connectivity index (χ1n) is 11.3. The molecule has 32 heavy (non-hydrogen) atoms. The molecule has 0 atom stereocenters. The van der Waals surface area contributed by atoms with E-state index in [-0.39, 0.29) is 5.91 Å². The number of methoxy groups -OCH3 is 1. The fourth-order valence-corrected chi connectivity index (χ4v) is 5.31. The molecule has 0 N–H and O–H groups in total. The van der Waals surface area contributed by atoms with Crippen molar-refractivity contribution in [2.75, 3.05) is 26.7 Å². The summed E-state index contributed by atoms with van der Waals surface area (Å²) in [5, 5.41) is 4.89. The fraction of sp³-hybridized carbons (Fsp3) is 0.346. The summed E-state index contributed by atoms with van der Waals surface area (Å²) in [5.41, 5.74) is 5.81. The second-order valence-electron chi connectivity index (χ2n) is 8.50. The smallest absolute Gasteiger partial charge is 0.270 e. The van der Waals surface area contributed by atoms with E-state index in [2.05, 4.69) is 16.5 Å². The van der Waals surface area contributed by atoms with Crippen molar-refractivity contribution in [3.8, 4) is 22.7 Å². The van der Waals surface area contributed by atoms with E-state index >= 15 is 0 Å². The average Bonchev–Trinajstić information content (AvgIpc) is 3.13. The SMILES string of the molecule is COc1ccc(-c2c(C)c3c(n2-c2ccccc2Cl)CCN(N2CCCCC2)C3=O)cc1. The minimum absolute atomic E-state index is 0.103. The summed E-state index contributed by atoms with van der Waals surface area (Å²) in [5.74, 6) is 0.908. The zero-order chi connectivity index (χ0) is 22.2. The lowest BCUT2D eigenvalue weighted by Crippen LogP contribution is -2.51. The van der Waals surface area contributed by atoms with E-state index < -0.39 is 0 Å². The number of para-hydroxylation sites is 1. The summed E-state index contributed by atoms with van der Waals surface area (Å²) in [6.45, 7) is 4.67. The molecule has 2 aliphatic heterocycles. The Kier molecular flexibility index (Phi) is 5.70. The zero-order valence-corrected chi connectivity index (χ0v) is 19.4. The normalized spacial score (nSPS) is 16.8. The van der Waals surface area contributed by atoms with Gasteiger partial charge < -0.3 is 9.30 Å². The molecule has 1 aromatic heterocycles. The maximum Gasteiger partial charge on any atom is 0.270 e. The Hall–Kier alpha value is -2.76. The third-order valence-corrected chi connectivity index (χ3v) is 6.97. The number of benzene rings is 2. The second-order valence-corrected chi connectivity index (χ2v) is 8.91. The van der Waals surface area contributed by atoms with Gasteiger partial charge in [0.05, 0.1) is 29.1 Å². The first kappa shape index (κ1) is 21.1. The minimum atomic E-state index is 0.103. The van der Waals surface area contributed by atoms with Gasteiger partial charge in [-0.05, 0) is 67.3 Å². The van der Waals surface area contributed by atoms with Gasteiger partial charge >= 0.3 is 0 Å². The monoisotopic (exact) mass is 449 g/mol. The molecule has 1 amide bonds. The molecule has 166 valence electrons. The standard InChI is InChI=1S/C26H28ClN3O2/c1-18-24-23(14-17-29(26(24)31)28-15-6-3-7-16-28)30(22-9-5-4-8-21(22)27)25(18)19-10-12-20(32-2)13-11-19/h4-5,8-13H,3,6-7,14-17H2,1-2H3. The van der Waals surface area contributed by atoms with Crippen molar-refractivity contribution in [1.29, 1.82) is 0 Å². The average molecular weight is 450 g/mol. The predicted octanol–water partition coefficient (Wildman–Crippen LogP) is 5.51. The molecule has 1 saturated heterocycles. The molecule has 2 aliphatic rings. The molecule has 6 heteroatoms. The number of hydrogen-bond donors (Lipinski definition) is 0. The summed E-state index contributed by atoms with van der Waals surface area (Å²) in [4.78, 5) is 13.8. The molecule has 0 unspecified atom stereocenters. The molecule has 0 radical (unpaired) electrons. The highest BCUT2D eigenvalue weighted by Gasteiger charge is 2.36. The molecule has 1 fully saturated rings. The Morgan fingerprint density at radius 2 is 1.66 bits per heavy atom. The Bertz CT molecular complexity index is 1150. The maximum absolute atomic E-state index is 13.8. The molecule has 0 aliphatic carbocycles. The summed E-state index contributed by atoms with van der Waals surface area (Å²) in [6, 6.07) is 15.9. The number of piperidine rings is 1. The molecule has 2 aromatic carbocycles. The zero-order valence-electron chi connectivity index (χ0n) is 18.6. The highest BCUT2D eigenvalue weighted by atomic mass is 35.5. The van der Waals surface area contributed by atoms with Crippen molar-refractivity contribution in [2.24, 2.45) is 0 Å². The van der Waals surface area contributed by atoms with Gasteiger partial charge in [-0.2, -0.15) is 0 Å². The first-order chi connectivity index (χ1) is 15.6. The number of hydrazine groups is 1. The van der Waals surface area contributed by atoms with Crippen LogP contribution in [-0.2, 0) is 6.42 Å². The number of hydrogen-bond acceptors (Lipinski definition) is 3. The van der Waals surface area contributed by atoms with E-state index in [4.69, 9.17) is 16.3 Å². The van der Waals surface area contributed by atoms with Crippen molar-refractivity contribution in [3.05, 3.63) is 70.4 Å². The van der Waals surface area contributed by atoms with Crippen LogP contribution in [-0.4, -0.2) is 47.2 Å². The van der Waals surface area contributed by atoms with Crippen molar-refractivity contribution in [1.82, 2.24) is 14.6 Å². The van der Waals surface area contributed by atoms with E-state index in [0.29, 0.717) is 11.6 Å². The number of carbonyl (C=O) groups excluding carboxylic acids is 1. The molecular formula is C26H28ClN3O2. The molecule has 5 nitrogen and oxygen atoms in total. The number of fused-ring (bicyclic) bond motifs is 1. The third kappa shape index (κ3) is 3.50. The van der Waals surface area contributed by atoms with Crippen LogP contribution in [0.5, 0.6) is 5.75 Å². The first-order valence-corrected chi connectivity index (χ1v) is 11.7. The van der Waals surface area contributed by atoms with Crippen molar-refractivity contribution in [3.63, 3.8) is 0 Å². The van der Waals surface area contributed by atoms with Gasteiger partial charge in [0, 0.05) is 31.7 Å². The quantitative estimate of drug-likeness (QED) is 0.526. The maximum atomic E-state index is 13.8. The predicted molar refractivity (Wildman–Crippen MR) is 128 cm³/mol. The second kappa shape index (κ2) is 8.64. The van der Waals surface area contributed by atoms with Crippen LogP contribution in [0.25, 0.3) is 16.9 Å². The van der Waals surface area contributed by atoms with Crippen molar-refractivity contribution >= 4 is 17.5 Å². The van der Waals surface area contributed by atoms with Crippen LogP contribution in [0.4, 0.5) is 0 Å². The van der Waals surface area contributed by atoms with Gasteiger partial charge in [0.15, 0.2) is 0 Å². The fourth-order valence-electron chi connectivity index (χ4n) is 5.09. The largest absolute Gasteiger partial charge is 0.497 e. The molecule has 3 aromatic rings. The van der Waals surface area contributed by atoms with Gasteiger partial charge in [0.1, 0.15) is 5.75 Å². The molecule has 0 spiro atoms. The number of ether oxygens (including phenoxy) is 1. The van der Waals surface area contributed by atoms with Crippen LogP contribution < -0.4 is 4.74 Å². The van der Waals surface area contributed by atoms with Crippen LogP contribution in [0, 0.1) is 6.92 Å². The van der Waals surface area contributed by atoms with Gasteiger partial charge in [-0.3, -0.25) is 9.80 Å². The van der Waals surface area contributed by atoms with Crippen LogP contribution in [0.1, 0.15) is 40.9 Å². The third-order valence-electron chi connectivity index (χ3n) is 6.65. The summed E-state index contributed by atoms with van der Waals surface area (Å²) >= 11 is 6.66. The lowest BCUT2D eigenvalue weighted by atomic mass is 10.0. The molecule has 0 saturated carbocycles. The van der Waals surface area contributed by atoms with Gasteiger partial charge in [0.2, 0.25) is 0 Å². The molecule has 3 heterocycles. The van der Waals surface area contributed by atoms with Crippen LogP contribution in [0.2, 0.25) is 5.02 Å². The number of carbonyl (C=O) groups is 1. The minimum Gasteiger partial charge on any atom is -0.497 e. The van der Waals surface area contributed by atoms with E-state index in [1.165, 1.54) is 6.42 Å². The highest BCUT2D eigenvalue weighted by molar-refractivity contribution is 6.32.